The van der Waals surface area contributed by atoms with Crippen LogP contribution in [0, 0.1) is 6.92 Å². The van der Waals surface area contributed by atoms with E-state index in [-0.39, 0.29) is 5.92 Å². The van der Waals surface area contributed by atoms with Gasteiger partial charge < -0.3 is 21.2 Å². The van der Waals surface area contributed by atoms with E-state index in [1.54, 1.807) is 0 Å². The lowest BCUT2D eigenvalue weighted by Gasteiger charge is -2.24. The average molecular weight is 378 g/mol. The van der Waals surface area contributed by atoms with Gasteiger partial charge in [0.15, 0.2) is 0 Å². The van der Waals surface area contributed by atoms with Gasteiger partial charge in [-0.3, -0.25) is 0 Å². The highest BCUT2D eigenvalue weighted by Gasteiger charge is 2.20. The topological polar surface area (TPSA) is 67.2 Å². The number of aldehydes is 1. The lowest BCUT2D eigenvalue weighted by Crippen LogP contribution is -2.23. The van der Waals surface area contributed by atoms with E-state index in [0.29, 0.717) is 6.42 Å². The first-order chi connectivity index (χ1) is 13.7. The van der Waals surface area contributed by atoms with E-state index < -0.39 is 0 Å². The summed E-state index contributed by atoms with van der Waals surface area (Å²) in [5.74, 6) is 0.0295. The molecule has 148 valence electrons. The second-order valence-electron chi connectivity index (χ2n) is 7.51. The SMILES string of the molecule is C=CCCCNc1ccc(C(CC=O)c2ccc3c(c2)CNCC3)c(C)c1N. The molecule has 0 bridgehead atoms. The smallest absolute Gasteiger partial charge is 0.120 e. The molecule has 1 unspecified atom stereocenters. The van der Waals surface area contributed by atoms with Crippen molar-refractivity contribution in [1.29, 1.82) is 0 Å². The van der Waals surface area contributed by atoms with E-state index in [1.165, 1.54) is 16.7 Å². The third-order valence-corrected chi connectivity index (χ3v) is 5.68. The van der Waals surface area contributed by atoms with Crippen molar-refractivity contribution in [1.82, 2.24) is 5.32 Å². The third kappa shape index (κ3) is 4.45. The van der Waals surface area contributed by atoms with Crippen LogP contribution in [0.1, 0.15) is 53.0 Å². The molecule has 4 N–H and O–H groups in total. The highest BCUT2D eigenvalue weighted by Crippen LogP contribution is 2.36. The maximum atomic E-state index is 11.5. The van der Waals surface area contributed by atoms with E-state index in [2.05, 4.69) is 48.4 Å². The van der Waals surface area contributed by atoms with Gasteiger partial charge in [-0.2, -0.15) is 0 Å². The molecule has 1 aliphatic rings. The quantitative estimate of drug-likeness (QED) is 0.263. The molecule has 2 aromatic carbocycles. The number of nitrogens with two attached hydrogens (primary N) is 1. The summed E-state index contributed by atoms with van der Waals surface area (Å²) in [5.41, 5.74) is 14.3. The standard InChI is InChI=1S/C24H31N3O/c1-3-4-5-12-27-23-9-8-21(17(2)24(23)25)22(11-14-28)19-7-6-18-10-13-26-16-20(18)15-19/h3,6-9,14-15,22,26-27H,1,4-5,10-13,16,25H2,2H3. The van der Waals surface area contributed by atoms with Gasteiger partial charge >= 0.3 is 0 Å². The summed E-state index contributed by atoms with van der Waals surface area (Å²) < 4.78 is 0. The van der Waals surface area contributed by atoms with Gasteiger partial charge in [0, 0.05) is 25.4 Å². The molecule has 0 saturated heterocycles. The lowest BCUT2D eigenvalue weighted by atomic mass is 9.83. The zero-order valence-electron chi connectivity index (χ0n) is 16.8. The molecule has 4 nitrogen and oxygen atoms in total. The monoisotopic (exact) mass is 377 g/mol. The molecule has 4 heteroatoms. The van der Waals surface area contributed by atoms with Crippen molar-refractivity contribution in [3.8, 4) is 0 Å². The largest absolute Gasteiger partial charge is 0.397 e. The van der Waals surface area contributed by atoms with Gasteiger partial charge in [-0.25, -0.2) is 0 Å². The minimum Gasteiger partial charge on any atom is -0.397 e. The number of hydrogen-bond donors (Lipinski definition) is 3. The van der Waals surface area contributed by atoms with E-state index in [4.69, 9.17) is 5.73 Å². The number of allylic oxidation sites excluding steroid dienone is 1. The molecule has 1 atom stereocenters. The van der Waals surface area contributed by atoms with Crippen LogP contribution in [-0.2, 0) is 17.8 Å². The zero-order chi connectivity index (χ0) is 19.9. The number of carbonyl (C=O) groups excluding carboxylic acids is 1. The summed E-state index contributed by atoms with van der Waals surface area (Å²) in [6, 6.07) is 10.8. The number of benzene rings is 2. The van der Waals surface area contributed by atoms with Gasteiger partial charge in [-0.1, -0.05) is 30.3 Å². The molecule has 0 fully saturated rings. The maximum Gasteiger partial charge on any atom is 0.120 e. The van der Waals surface area contributed by atoms with Crippen LogP contribution >= 0.6 is 0 Å². The fourth-order valence-corrected chi connectivity index (χ4v) is 4.00. The number of carbonyl (C=O) groups is 1. The van der Waals surface area contributed by atoms with Crippen molar-refractivity contribution in [2.45, 2.75) is 45.1 Å². The summed E-state index contributed by atoms with van der Waals surface area (Å²) in [7, 11) is 0. The van der Waals surface area contributed by atoms with Crippen molar-refractivity contribution >= 4 is 17.7 Å². The molecule has 1 heterocycles. The Hall–Kier alpha value is -2.59. The summed E-state index contributed by atoms with van der Waals surface area (Å²) >= 11 is 0. The van der Waals surface area contributed by atoms with E-state index in [9.17, 15) is 4.79 Å². The maximum absolute atomic E-state index is 11.5. The van der Waals surface area contributed by atoms with Gasteiger partial charge in [0.1, 0.15) is 6.29 Å². The Balaban J connectivity index is 1.88. The second-order valence-corrected chi connectivity index (χ2v) is 7.51. The molecule has 0 aliphatic carbocycles. The number of nitrogens with one attached hydrogen (secondary N) is 2. The fourth-order valence-electron chi connectivity index (χ4n) is 4.00. The highest BCUT2D eigenvalue weighted by molar-refractivity contribution is 5.72. The predicted molar refractivity (Wildman–Crippen MR) is 118 cm³/mol. The van der Waals surface area contributed by atoms with Gasteiger partial charge in [0.05, 0.1) is 11.4 Å². The molecule has 3 rings (SSSR count). The Morgan fingerprint density at radius 1 is 1.29 bits per heavy atom. The Bertz CT molecular complexity index is 844. The van der Waals surface area contributed by atoms with Crippen LogP contribution in [0.3, 0.4) is 0 Å². The van der Waals surface area contributed by atoms with Crippen molar-refractivity contribution in [3.05, 3.63) is 70.8 Å². The number of nitrogen functional groups attached to an aromatic ring is 1. The number of anilines is 2. The number of fused-ring (bicyclic) bond motifs is 1. The molecule has 28 heavy (non-hydrogen) atoms. The van der Waals surface area contributed by atoms with Crippen molar-refractivity contribution in [2.24, 2.45) is 0 Å². The van der Waals surface area contributed by atoms with Crippen molar-refractivity contribution in [2.75, 3.05) is 24.1 Å². The molecule has 1 aliphatic heterocycles. The highest BCUT2D eigenvalue weighted by atomic mass is 16.1. The molecule has 2 aromatic rings. The van der Waals surface area contributed by atoms with Crippen LogP contribution in [0.5, 0.6) is 0 Å². The van der Waals surface area contributed by atoms with Crippen LogP contribution in [0.15, 0.2) is 43.0 Å². The minimum absolute atomic E-state index is 0.0295. The first-order valence-corrected chi connectivity index (χ1v) is 10.2. The first-order valence-electron chi connectivity index (χ1n) is 10.2. The molecular weight excluding hydrogens is 346 g/mol. The van der Waals surface area contributed by atoms with E-state index in [1.807, 2.05) is 12.1 Å². The van der Waals surface area contributed by atoms with Crippen molar-refractivity contribution in [3.63, 3.8) is 0 Å². The van der Waals surface area contributed by atoms with Crippen LogP contribution < -0.4 is 16.4 Å². The molecule has 0 aromatic heterocycles. The predicted octanol–water partition coefficient (Wildman–Crippen LogP) is 4.32. The van der Waals surface area contributed by atoms with E-state index in [0.717, 1.165) is 67.7 Å². The van der Waals surface area contributed by atoms with Gasteiger partial charge in [0.25, 0.3) is 0 Å². The van der Waals surface area contributed by atoms with E-state index >= 15 is 0 Å². The first kappa shape index (κ1) is 20.2. The second kappa shape index (κ2) is 9.56. The third-order valence-electron chi connectivity index (χ3n) is 5.68. The van der Waals surface area contributed by atoms with Crippen LogP contribution in [-0.4, -0.2) is 19.4 Å². The average Bonchev–Trinajstić information content (AvgIpc) is 2.72. The number of hydrogen-bond acceptors (Lipinski definition) is 4. The minimum atomic E-state index is 0.0295. The normalized spacial score (nSPS) is 14.2. The van der Waals surface area contributed by atoms with Gasteiger partial charge in [-0.05, 0) is 66.6 Å². The Morgan fingerprint density at radius 2 is 2.14 bits per heavy atom. The van der Waals surface area contributed by atoms with Crippen LogP contribution in [0.4, 0.5) is 11.4 Å². The van der Waals surface area contributed by atoms with Gasteiger partial charge in [-0.15, -0.1) is 6.58 Å². The van der Waals surface area contributed by atoms with Crippen LogP contribution in [0.2, 0.25) is 0 Å². The zero-order valence-corrected chi connectivity index (χ0v) is 16.8. The summed E-state index contributed by atoms with van der Waals surface area (Å²) in [5, 5.41) is 6.85. The fraction of sp³-hybridized carbons (Fsp3) is 0.375. The Kier molecular flexibility index (Phi) is 6.88. The number of unbranched alkanes of at least 4 members (excludes halogenated alkanes) is 1. The molecule has 0 saturated carbocycles. The number of rotatable bonds is 9. The summed E-state index contributed by atoms with van der Waals surface area (Å²) in [4.78, 5) is 11.5. The molecule has 0 radical (unpaired) electrons. The van der Waals surface area contributed by atoms with Crippen molar-refractivity contribution < 1.29 is 4.79 Å². The van der Waals surface area contributed by atoms with Crippen LogP contribution in [0.25, 0.3) is 0 Å². The summed E-state index contributed by atoms with van der Waals surface area (Å²) in [6.07, 6.45) is 6.47. The molecule has 0 spiro atoms. The summed E-state index contributed by atoms with van der Waals surface area (Å²) in [6.45, 7) is 8.60. The Morgan fingerprint density at radius 3 is 2.93 bits per heavy atom. The lowest BCUT2D eigenvalue weighted by molar-refractivity contribution is -0.108. The molecular formula is C24H31N3O. The van der Waals surface area contributed by atoms with Gasteiger partial charge in [0.2, 0.25) is 0 Å². The molecule has 0 amide bonds. The Labute approximate surface area is 168 Å².